The van der Waals surface area contributed by atoms with E-state index in [1.54, 1.807) is 19.1 Å². The van der Waals surface area contributed by atoms with Crippen molar-refractivity contribution in [2.75, 3.05) is 13.2 Å². The summed E-state index contributed by atoms with van der Waals surface area (Å²) < 4.78 is 10.9. The van der Waals surface area contributed by atoms with Crippen LogP contribution in [0.4, 0.5) is 0 Å². The Bertz CT molecular complexity index is 359. The minimum Gasteiger partial charge on any atom is -0.486 e. The molecule has 0 saturated carbocycles. The molecule has 1 aliphatic rings. The summed E-state index contributed by atoms with van der Waals surface area (Å²) in [6, 6.07) is 5.35. The highest BCUT2D eigenvalue weighted by Gasteiger charge is 2.18. The number of hydrogen-bond donors (Lipinski definition) is 1. The molecule has 2 unspecified atom stereocenters. The molecule has 1 aromatic rings. The van der Waals surface area contributed by atoms with E-state index in [4.69, 9.17) is 21.1 Å². The summed E-state index contributed by atoms with van der Waals surface area (Å²) in [5, 5.41) is 9.94. The minimum absolute atomic E-state index is 0.0925. The molecule has 2 rings (SSSR count). The number of aliphatic hydroxyl groups excluding tert-OH is 1. The van der Waals surface area contributed by atoms with Gasteiger partial charge in [0.1, 0.15) is 11.9 Å². The molecule has 3 nitrogen and oxygen atoms in total. The Hall–Kier alpha value is -0.770. The largest absolute Gasteiger partial charge is 0.486 e. The van der Waals surface area contributed by atoms with E-state index in [9.17, 15) is 5.11 Å². The highest BCUT2D eigenvalue weighted by atomic mass is 35.5. The minimum atomic E-state index is -0.513. The molecule has 1 saturated heterocycles. The van der Waals surface area contributed by atoms with E-state index in [1.165, 1.54) is 0 Å². The molecule has 0 amide bonds. The molecule has 4 heteroatoms. The van der Waals surface area contributed by atoms with E-state index in [-0.39, 0.29) is 6.10 Å². The van der Waals surface area contributed by atoms with Crippen LogP contribution < -0.4 is 4.74 Å². The Morgan fingerprint density at radius 1 is 1.56 bits per heavy atom. The van der Waals surface area contributed by atoms with Gasteiger partial charge in [-0.1, -0.05) is 17.7 Å². The van der Waals surface area contributed by atoms with Gasteiger partial charge in [0.2, 0.25) is 0 Å². The van der Waals surface area contributed by atoms with Crippen LogP contribution in [0, 0.1) is 0 Å². The standard InChI is InChI=1S/C12H15ClO3/c1-8(14)9-2-3-12(11(13)6-9)16-10-4-5-15-7-10/h2-3,6,8,10,14H,4-5,7H2,1H3. The Kier molecular flexibility index (Phi) is 3.69. The topological polar surface area (TPSA) is 38.7 Å². The van der Waals surface area contributed by atoms with E-state index >= 15 is 0 Å². The first kappa shape index (κ1) is 11.7. The fourth-order valence-electron chi connectivity index (χ4n) is 1.66. The lowest BCUT2D eigenvalue weighted by molar-refractivity contribution is 0.141. The van der Waals surface area contributed by atoms with E-state index in [2.05, 4.69) is 0 Å². The third-order valence-corrected chi connectivity index (χ3v) is 2.92. The van der Waals surface area contributed by atoms with Crippen LogP contribution in [0.15, 0.2) is 18.2 Å². The molecule has 88 valence electrons. The normalized spacial score (nSPS) is 22.1. The maximum absolute atomic E-state index is 9.40. The van der Waals surface area contributed by atoms with Gasteiger partial charge in [0.15, 0.2) is 0 Å². The van der Waals surface area contributed by atoms with Gasteiger partial charge in [-0.15, -0.1) is 0 Å². The number of rotatable bonds is 3. The molecule has 0 aliphatic carbocycles. The summed E-state index contributed by atoms with van der Waals surface area (Å²) in [5.41, 5.74) is 0.792. The Morgan fingerprint density at radius 2 is 2.38 bits per heavy atom. The molecule has 2 atom stereocenters. The van der Waals surface area contributed by atoms with E-state index in [0.717, 1.165) is 18.6 Å². The molecule has 1 fully saturated rings. The van der Waals surface area contributed by atoms with Crippen molar-refractivity contribution < 1.29 is 14.6 Å². The Balaban J connectivity index is 2.09. The molecule has 0 spiro atoms. The zero-order valence-corrected chi connectivity index (χ0v) is 9.91. The molecule has 0 aromatic heterocycles. The maximum Gasteiger partial charge on any atom is 0.138 e. The van der Waals surface area contributed by atoms with Crippen LogP contribution >= 0.6 is 11.6 Å². The smallest absolute Gasteiger partial charge is 0.138 e. The van der Waals surface area contributed by atoms with Gasteiger partial charge in [-0.05, 0) is 24.6 Å². The number of aliphatic hydroxyl groups is 1. The average molecular weight is 243 g/mol. The number of halogens is 1. The van der Waals surface area contributed by atoms with Crippen molar-refractivity contribution in [1.82, 2.24) is 0 Å². The third kappa shape index (κ3) is 2.67. The van der Waals surface area contributed by atoms with Crippen LogP contribution in [0.1, 0.15) is 25.0 Å². The lowest BCUT2D eigenvalue weighted by Crippen LogP contribution is -2.15. The van der Waals surface area contributed by atoms with Crippen molar-refractivity contribution in [3.05, 3.63) is 28.8 Å². The van der Waals surface area contributed by atoms with Gasteiger partial charge < -0.3 is 14.6 Å². The van der Waals surface area contributed by atoms with E-state index in [0.29, 0.717) is 17.4 Å². The highest BCUT2D eigenvalue weighted by Crippen LogP contribution is 2.29. The second-order valence-electron chi connectivity index (χ2n) is 3.97. The van der Waals surface area contributed by atoms with Crippen LogP contribution in [0.25, 0.3) is 0 Å². The van der Waals surface area contributed by atoms with Gasteiger partial charge in [-0.25, -0.2) is 0 Å². The lowest BCUT2D eigenvalue weighted by Gasteiger charge is -2.14. The Morgan fingerprint density at radius 3 is 2.94 bits per heavy atom. The summed E-state index contributed by atoms with van der Waals surface area (Å²) in [4.78, 5) is 0. The average Bonchev–Trinajstić information content (AvgIpc) is 2.73. The molecular weight excluding hydrogens is 228 g/mol. The predicted molar refractivity (Wildman–Crippen MR) is 61.9 cm³/mol. The van der Waals surface area contributed by atoms with Gasteiger partial charge in [-0.3, -0.25) is 0 Å². The highest BCUT2D eigenvalue weighted by molar-refractivity contribution is 6.32. The monoisotopic (exact) mass is 242 g/mol. The van der Waals surface area contributed by atoms with Gasteiger partial charge >= 0.3 is 0 Å². The summed E-state index contributed by atoms with van der Waals surface area (Å²) >= 11 is 6.07. The molecule has 0 radical (unpaired) electrons. The van der Waals surface area contributed by atoms with Gasteiger partial charge in [-0.2, -0.15) is 0 Å². The second-order valence-corrected chi connectivity index (χ2v) is 4.38. The first-order valence-electron chi connectivity index (χ1n) is 5.38. The molecular formula is C12H15ClO3. The first-order chi connectivity index (χ1) is 7.66. The molecule has 1 N–H and O–H groups in total. The summed E-state index contributed by atoms with van der Waals surface area (Å²) in [6.45, 7) is 3.07. The second kappa shape index (κ2) is 5.04. The van der Waals surface area contributed by atoms with Crippen LogP contribution in [0.5, 0.6) is 5.75 Å². The number of hydrogen-bond acceptors (Lipinski definition) is 3. The lowest BCUT2D eigenvalue weighted by atomic mass is 10.1. The van der Waals surface area contributed by atoms with Crippen molar-refractivity contribution in [3.8, 4) is 5.75 Å². The third-order valence-electron chi connectivity index (χ3n) is 2.62. The van der Waals surface area contributed by atoms with Crippen molar-refractivity contribution in [1.29, 1.82) is 0 Å². The fourth-order valence-corrected chi connectivity index (χ4v) is 1.89. The van der Waals surface area contributed by atoms with Gasteiger partial charge in [0.05, 0.1) is 24.3 Å². The molecule has 16 heavy (non-hydrogen) atoms. The van der Waals surface area contributed by atoms with Crippen molar-refractivity contribution >= 4 is 11.6 Å². The molecule has 1 heterocycles. The van der Waals surface area contributed by atoms with Gasteiger partial charge in [0, 0.05) is 6.42 Å². The van der Waals surface area contributed by atoms with Crippen molar-refractivity contribution in [2.24, 2.45) is 0 Å². The van der Waals surface area contributed by atoms with Crippen LogP contribution in [0.2, 0.25) is 5.02 Å². The van der Waals surface area contributed by atoms with E-state index < -0.39 is 6.10 Å². The predicted octanol–water partition coefficient (Wildman–Crippen LogP) is 2.56. The zero-order chi connectivity index (χ0) is 11.5. The number of benzene rings is 1. The molecule has 1 aliphatic heterocycles. The maximum atomic E-state index is 9.40. The summed E-state index contributed by atoms with van der Waals surface area (Å²) in [5.74, 6) is 0.654. The van der Waals surface area contributed by atoms with Crippen LogP contribution in [-0.4, -0.2) is 24.4 Å². The van der Waals surface area contributed by atoms with Crippen LogP contribution in [-0.2, 0) is 4.74 Å². The number of ether oxygens (including phenoxy) is 2. The van der Waals surface area contributed by atoms with Crippen molar-refractivity contribution in [3.63, 3.8) is 0 Å². The molecule has 0 bridgehead atoms. The Labute approximate surface area is 99.9 Å². The molecule has 1 aromatic carbocycles. The SMILES string of the molecule is CC(O)c1ccc(OC2CCOC2)c(Cl)c1. The van der Waals surface area contributed by atoms with E-state index in [1.807, 2.05) is 6.07 Å². The zero-order valence-electron chi connectivity index (χ0n) is 9.15. The summed E-state index contributed by atoms with van der Waals surface area (Å²) in [7, 11) is 0. The summed E-state index contributed by atoms with van der Waals surface area (Å²) in [6.07, 6.45) is 0.477. The van der Waals surface area contributed by atoms with Gasteiger partial charge in [0.25, 0.3) is 0 Å². The first-order valence-corrected chi connectivity index (χ1v) is 5.76. The quantitative estimate of drug-likeness (QED) is 0.886. The van der Waals surface area contributed by atoms with Crippen LogP contribution in [0.3, 0.4) is 0 Å². The van der Waals surface area contributed by atoms with Crippen molar-refractivity contribution in [2.45, 2.75) is 25.6 Å². The fraction of sp³-hybridized carbons (Fsp3) is 0.500.